The van der Waals surface area contributed by atoms with Gasteiger partial charge in [-0.15, -0.1) is 10.2 Å². The third-order valence-corrected chi connectivity index (χ3v) is 4.72. The topological polar surface area (TPSA) is 97.1 Å². The molecule has 4 rings (SSSR count). The molecule has 2 N–H and O–H groups in total. The van der Waals surface area contributed by atoms with Crippen molar-refractivity contribution in [1.82, 2.24) is 15.5 Å². The first-order valence-electron chi connectivity index (χ1n) is 9.68. The first kappa shape index (κ1) is 20.0. The molecule has 0 radical (unpaired) electrons. The van der Waals surface area contributed by atoms with Crippen molar-refractivity contribution in [2.75, 3.05) is 12.4 Å². The normalized spacial score (nSPS) is 10.5. The summed E-state index contributed by atoms with van der Waals surface area (Å²) in [5.41, 5.74) is 4.29. The lowest BCUT2D eigenvalue weighted by Gasteiger charge is -2.07. The van der Waals surface area contributed by atoms with Crippen LogP contribution in [0, 0.1) is 6.92 Å². The highest BCUT2D eigenvalue weighted by atomic mass is 16.4. The number of carbonyl (C=O) groups is 2. The number of hydrogen-bond donors (Lipinski definition) is 2. The number of benzene rings is 3. The predicted molar refractivity (Wildman–Crippen MR) is 118 cm³/mol. The Morgan fingerprint density at radius 2 is 1.39 bits per heavy atom. The highest BCUT2D eigenvalue weighted by Crippen LogP contribution is 2.25. The van der Waals surface area contributed by atoms with Crippen LogP contribution in [0.3, 0.4) is 0 Å². The Balaban J connectivity index is 1.46. The zero-order valence-electron chi connectivity index (χ0n) is 17.0. The second-order valence-corrected chi connectivity index (χ2v) is 6.97. The van der Waals surface area contributed by atoms with Gasteiger partial charge in [-0.1, -0.05) is 17.7 Å². The molecule has 7 nitrogen and oxygen atoms in total. The Bertz CT molecular complexity index is 1230. The first-order valence-corrected chi connectivity index (χ1v) is 9.68. The number of aromatic nitrogens is 2. The summed E-state index contributed by atoms with van der Waals surface area (Å²) in [5.74, 6) is 0.388. The van der Waals surface area contributed by atoms with Gasteiger partial charge in [0.05, 0.1) is 0 Å². The largest absolute Gasteiger partial charge is 0.416 e. The zero-order valence-corrected chi connectivity index (χ0v) is 17.0. The number of carbonyl (C=O) groups excluding carboxylic acids is 2. The second-order valence-electron chi connectivity index (χ2n) is 6.97. The van der Waals surface area contributed by atoms with Crippen molar-refractivity contribution >= 4 is 17.5 Å². The maximum Gasteiger partial charge on any atom is 0.255 e. The standard InChI is InChI=1S/C24H20N4O3/c1-15-4-3-5-19(14-15)24-28-27-23(31-24)18-8-6-17(7-9-18)22(30)26-20-12-10-16(11-13-20)21(29)25-2/h3-14H,1-2H3,(H,25,29)(H,26,30). The third-order valence-electron chi connectivity index (χ3n) is 4.72. The number of amides is 2. The molecule has 0 aliphatic heterocycles. The molecular weight excluding hydrogens is 392 g/mol. The number of nitrogens with zero attached hydrogens (tertiary/aromatic N) is 2. The molecule has 0 atom stereocenters. The van der Waals surface area contributed by atoms with Gasteiger partial charge in [0.2, 0.25) is 11.8 Å². The van der Waals surface area contributed by atoms with Crippen LogP contribution < -0.4 is 10.6 Å². The molecule has 0 aliphatic carbocycles. The third kappa shape index (κ3) is 4.51. The van der Waals surface area contributed by atoms with Gasteiger partial charge in [-0.3, -0.25) is 9.59 Å². The van der Waals surface area contributed by atoms with Gasteiger partial charge in [0, 0.05) is 35.0 Å². The van der Waals surface area contributed by atoms with Crippen LogP contribution in [0.5, 0.6) is 0 Å². The molecule has 2 amide bonds. The van der Waals surface area contributed by atoms with E-state index in [1.165, 1.54) is 0 Å². The quantitative estimate of drug-likeness (QED) is 0.509. The summed E-state index contributed by atoms with van der Waals surface area (Å²) >= 11 is 0. The summed E-state index contributed by atoms with van der Waals surface area (Å²) in [6.07, 6.45) is 0. The lowest BCUT2D eigenvalue weighted by Crippen LogP contribution is -2.17. The minimum absolute atomic E-state index is 0.181. The Labute approximate surface area is 179 Å². The van der Waals surface area contributed by atoms with Gasteiger partial charge in [-0.05, 0) is 67.6 Å². The predicted octanol–water partition coefficient (Wildman–Crippen LogP) is 4.32. The Kier molecular flexibility index (Phi) is 5.57. The Hall–Kier alpha value is -4.26. The van der Waals surface area contributed by atoms with Crippen LogP contribution in [0.15, 0.2) is 77.2 Å². The van der Waals surface area contributed by atoms with E-state index in [9.17, 15) is 9.59 Å². The lowest BCUT2D eigenvalue weighted by molar-refractivity contribution is 0.0962. The molecule has 7 heteroatoms. The second kappa shape index (κ2) is 8.62. The van der Waals surface area contributed by atoms with Crippen LogP contribution in [0.4, 0.5) is 5.69 Å². The van der Waals surface area contributed by atoms with E-state index in [1.807, 2.05) is 31.2 Å². The lowest BCUT2D eigenvalue weighted by atomic mass is 10.1. The van der Waals surface area contributed by atoms with Crippen LogP contribution in [0.25, 0.3) is 22.9 Å². The van der Waals surface area contributed by atoms with E-state index in [0.29, 0.717) is 28.6 Å². The van der Waals surface area contributed by atoms with Crippen molar-refractivity contribution in [3.05, 3.63) is 89.5 Å². The van der Waals surface area contributed by atoms with Gasteiger partial charge >= 0.3 is 0 Å². The molecule has 0 spiro atoms. The average molecular weight is 412 g/mol. The van der Waals surface area contributed by atoms with E-state index in [4.69, 9.17) is 4.42 Å². The van der Waals surface area contributed by atoms with Crippen LogP contribution >= 0.6 is 0 Å². The minimum Gasteiger partial charge on any atom is -0.416 e. The van der Waals surface area contributed by atoms with Gasteiger partial charge in [-0.25, -0.2) is 0 Å². The molecule has 0 unspecified atom stereocenters. The monoisotopic (exact) mass is 412 g/mol. The van der Waals surface area contributed by atoms with E-state index < -0.39 is 0 Å². The van der Waals surface area contributed by atoms with Gasteiger partial charge in [0.1, 0.15) is 0 Å². The van der Waals surface area contributed by atoms with Crippen molar-refractivity contribution in [2.45, 2.75) is 6.92 Å². The highest BCUT2D eigenvalue weighted by molar-refractivity contribution is 6.04. The number of rotatable bonds is 5. The van der Waals surface area contributed by atoms with E-state index in [0.717, 1.165) is 16.7 Å². The highest BCUT2D eigenvalue weighted by Gasteiger charge is 2.12. The Morgan fingerprint density at radius 1 is 0.774 bits per heavy atom. The van der Waals surface area contributed by atoms with Crippen LogP contribution in [-0.4, -0.2) is 29.1 Å². The molecule has 0 saturated heterocycles. The average Bonchev–Trinajstić information content (AvgIpc) is 3.29. The summed E-state index contributed by atoms with van der Waals surface area (Å²) in [6.45, 7) is 2.00. The maximum atomic E-state index is 12.5. The van der Waals surface area contributed by atoms with Crippen molar-refractivity contribution in [2.24, 2.45) is 0 Å². The van der Waals surface area contributed by atoms with E-state index in [2.05, 4.69) is 20.8 Å². The molecule has 1 aromatic heterocycles. The molecule has 31 heavy (non-hydrogen) atoms. The number of anilines is 1. The summed E-state index contributed by atoms with van der Waals surface area (Å²) < 4.78 is 5.79. The summed E-state index contributed by atoms with van der Waals surface area (Å²) in [4.78, 5) is 24.1. The fourth-order valence-corrected chi connectivity index (χ4v) is 3.05. The molecular formula is C24H20N4O3. The van der Waals surface area contributed by atoms with Gasteiger partial charge < -0.3 is 15.1 Å². The van der Waals surface area contributed by atoms with E-state index in [1.54, 1.807) is 55.6 Å². The molecule has 3 aromatic carbocycles. The molecule has 1 heterocycles. The summed E-state index contributed by atoms with van der Waals surface area (Å²) in [6, 6.07) is 21.4. The van der Waals surface area contributed by atoms with Gasteiger partial charge in [0.15, 0.2) is 0 Å². The van der Waals surface area contributed by atoms with Crippen molar-refractivity contribution in [3.63, 3.8) is 0 Å². The number of nitrogens with one attached hydrogen (secondary N) is 2. The number of aryl methyl sites for hydroxylation is 1. The van der Waals surface area contributed by atoms with Crippen LogP contribution in [0.1, 0.15) is 26.3 Å². The SMILES string of the molecule is CNC(=O)c1ccc(NC(=O)c2ccc(-c3nnc(-c4cccc(C)c4)o3)cc2)cc1. The zero-order chi connectivity index (χ0) is 21.8. The summed E-state index contributed by atoms with van der Waals surface area (Å²) in [5, 5.41) is 13.6. The first-order chi connectivity index (χ1) is 15.0. The fraction of sp³-hybridized carbons (Fsp3) is 0.0833. The van der Waals surface area contributed by atoms with Gasteiger partial charge in [-0.2, -0.15) is 0 Å². The van der Waals surface area contributed by atoms with Gasteiger partial charge in [0.25, 0.3) is 11.8 Å². The molecule has 0 aliphatic rings. The fourth-order valence-electron chi connectivity index (χ4n) is 3.05. The smallest absolute Gasteiger partial charge is 0.255 e. The maximum absolute atomic E-state index is 12.5. The van der Waals surface area contributed by atoms with Crippen LogP contribution in [-0.2, 0) is 0 Å². The molecule has 0 bridgehead atoms. The molecule has 4 aromatic rings. The van der Waals surface area contributed by atoms with Crippen LogP contribution in [0.2, 0.25) is 0 Å². The van der Waals surface area contributed by atoms with E-state index >= 15 is 0 Å². The minimum atomic E-state index is -0.259. The van der Waals surface area contributed by atoms with E-state index in [-0.39, 0.29) is 11.8 Å². The van der Waals surface area contributed by atoms with Crippen molar-refractivity contribution in [1.29, 1.82) is 0 Å². The Morgan fingerprint density at radius 3 is 2.03 bits per heavy atom. The number of hydrogen-bond acceptors (Lipinski definition) is 5. The molecule has 154 valence electrons. The summed E-state index contributed by atoms with van der Waals surface area (Å²) in [7, 11) is 1.57. The molecule has 0 saturated carbocycles. The molecule has 0 fully saturated rings. The van der Waals surface area contributed by atoms with Crippen molar-refractivity contribution < 1.29 is 14.0 Å². The van der Waals surface area contributed by atoms with Crippen molar-refractivity contribution in [3.8, 4) is 22.9 Å².